The molecule has 1 aliphatic rings. The molecule has 0 spiro atoms. The summed E-state index contributed by atoms with van der Waals surface area (Å²) in [5, 5.41) is 10.2. The van der Waals surface area contributed by atoms with Crippen LogP contribution in [0.1, 0.15) is 28.8 Å². The lowest BCUT2D eigenvalue weighted by Crippen LogP contribution is -2.38. The maximum Gasteiger partial charge on any atom is 0.176 e. The number of phenols is 1. The van der Waals surface area contributed by atoms with Gasteiger partial charge in [0.05, 0.1) is 19.2 Å². The minimum atomic E-state index is -0.0485. The first-order valence-electron chi connectivity index (χ1n) is 8.97. The van der Waals surface area contributed by atoms with Crippen molar-refractivity contribution in [3.05, 3.63) is 52.5 Å². The maximum atomic E-state index is 12.9. The third-order valence-corrected chi connectivity index (χ3v) is 5.23. The van der Waals surface area contributed by atoms with E-state index in [0.29, 0.717) is 30.2 Å². The Labute approximate surface area is 164 Å². The molecule has 0 amide bonds. The number of carbonyl (C=O) groups is 1. The van der Waals surface area contributed by atoms with Gasteiger partial charge in [-0.05, 0) is 49.2 Å². The normalized spacial score (nSPS) is 17.5. The summed E-state index contributed by atoms with van der Waals surface area (Å²) in [6.45, 7) is 2.26. The fourth-order valence-electron chi connectivity index (χ4n) is 3.56. The molecule has 1 heterocycles. The van der Waals surface area contributed by atoms with Crippen LogP contribution in [0.15, 0.2) is 36.4 Å². The Kier molecular flexibility index (Phi) is 6.24. The minimum Gasteiger partial charge on any atom is -0.503 e. The lowest BCUT2D eigenvalue weighted by Gasteiger charge is -2.32. The topological polar surface area (TPSA) is 59.0 Å². The first-order valence-corrected chi connectivity index (χ1v) is 9.35. The SMILES string of the molecule is COc1cccc(C(=O)C2CCCN(Cc3cc(Cl)c(O)c(OC)c3)C2)c1. The third kappa shape index (κ3) is 4.54. The molecule has 1 atom stereocenters. The van der Waals surface area contributed by atoms with Crippen LogP contribution in [0.2, 0.25) is 5.02 Å². The van der Waals surface area contributed by atoms with Crippen LogP contribution in [0, 0.1) is 5.92 Å². The second-order valence-corrected chi connectivity index (χ2v) is 7.21. The summed E-state index contributed by atoms with van der Waals surface area (Å²) >= 11 is 6.09. The second kappa shape index (κ2) is 8.63. The van der Waals surface area contributed by atoms with Crippen molar-refractivity contribution in [2.75, 3.05) is 27.3 Å². The molecular formula is C21H24ClNO4. The number of nitrogens with zero attached hydrogens (tertiary/aromatic N) is 1. The molecule has 1 N–H and O–H groups in total. The number of hydrogen-bond donors (Lipinski definition) is 1. The van der Waals surface area contributed by atoms with E-state index in [1.54, 1.807) is 25.3 Å². The third-order valence-electron chi connectivity index (χ3n) is 4.94. The van der Waals surface area contributed by atoms with Crippen molar-refractivity contribution >= 4 is 17.4 Å². The Bertz CT molecular complexity index is 824. The van der Waals surface area contributed by atoms with Gasteiger partial charge in [-0.3, -0.25) is 9.69 Å². The van der Waals surface area contributed by atoms with E-state index in [1.165, 1.54) is 7.11 Å². The zero-order chi connectivity index (χ0) is 19.4. The number of ether oxygens (including phenoxy) is 2. The Morgan fingerprint density at radius 1 is 1.26 bits per heavy atom. The molecule has 144 valence electrons. The molecule has 0 bridgehead atoms. The van der Waals surface area contributed by atoms with Crippen LogP contribution in [0.3, 0.4) is 0 Å². The van der Waals surface area contributed by atoms with Crippen molar-refractivity contribution in [2.24, 2.45) is 5.92 Å². The summed E-state index contributed by atoms with van der Waals surface area (Å²) in [7, 11) is 3.10. The van der Waals surface area contributed by atoms with E-state index in [1.807, 2.05) is 18.2 Å². The summed E-state index contributed by atoms with van der Waals surface area (Å²) in [5.41, 5.74) is 1.64. The molecule has 0 radical (unpaired) electrons. The molecule has 0 saturated carbocycles. The van der Waals surface area contributed by atoms with Gasteiger partial charge in [0.2, 0.25) is 0 Å². The highest BCUT2D eigenvalue weighted by Gasteiger charge is 2.27. The first-order chi connectivity index (χ1) is 13.0. The van der Waals surface area contributed by atoms with Gasteiger partial charge in [0.25, 0.3) is 0 Å². The zero-order valence-corrected chi connectivity index (χ0v) is 16.3. The van der Waals surface area contributed by atoms with Crippen molar-refractivity contribution < 1.29 is 19.4 Å². The fourth-order valence-corrected chi connectivity index (χ4v) is 3.79. The summed E-state index contributed by atoms with van der Waals surface area (Å²) in [6.07, 6.45) is 1.84. The molecule has 3 rings (SSSR count). The molecule has 0 aromatic heterocycles. The summed E-state index contributed by atoms with van der Waals surface area (Å²) in [6, 6.07) is 10.9. The van der Waals surface area contributed by atoms with Crippen LogP contribution < -0.4 is 9.47 Å². The van der Waals surface area contributed by atoms with Crippen molar-refractivity contribution in [1.29, 1.82) is 0 Å². The molecule has 0 aliphatic carbocycles. The molecule has 6 heteroatoms. The molecule has 1 fully saturated rings. The van der Waals surface area contributed by atoms with Gasteiger partial charge in [-0.15, -0.1) is 0 Å². The van der Waals surface area contributed by atoms with Crippen LogP contribution in [0.25, 0.3) is 0 Å². The van der Waals surface area contributed by atoms with Gasteiger partial charge in [0, 0.05) is 24.6 Å². The number of carbonyl (C=O) groups excluding carboxylic acids is 1. The number of halogens is 1. The highest BCUT2D eigenvalue weighted by atomic mass is 35.5. The van der Waals surface area contributed by atoms with E-state index < -0.39 is 0 Å². The van der Waals surface area contributed by atoms with E-state index in [-0.39, 0.29) is 22.5 Å². The van der Waals surface area contributed by atoms with Crippen LogP contribution in [-0.2, 0) is 6.54 Å². The predicted octanol–water partition coefficient (Wildman–Crippen LogP) is 4.16. The van der Waals surface area contributed by atoms with Gasteiger partial charge in [0.15, 0.2) is 17.3 Å². The largest absolute Gasteiger partial charge is 0.503 e. The standard InChI is InChI=1S/C21H24ClNO4/c1-26-17-7-3-5-15(11-17)20(24)16-6-4-8-23(13-16)12-14-9-18(22)21(25)19(10-14)27-2/h3,5,7,9-11,16,25H,4,6,8,12-13H2,1-2H3. The lowest BCUT2D eigenvalue weighted by molar-refractivity contribution is 0.0811. The lowest BCUT2D eigenvalue weighted by atomic mass is 9.89. The summed E-state index contributed by atoms with van der Waals surface area (Å²) < 4.78 is 10.4. The zero-order valence-electron chi connectivity index (χ0n) is 15.6. The van der Waals surface area contributed by atoms with E-state index in [2.05, 4.69) is 4.90 Å². The predicted molar refractivity (Wildman–Crippen MR) is 105 cm³/mol. The molecule has 5 nitrogen and oxygen atoms in total. The highest BCUT2D eigenvalue weighted by Crippen LogP contribution is 2.35. The van der Waals surface area contributed by atoms with Gasteiger partial charge < -0.3 is 14.6 Å². The Balaban J connectivity index is 1.71. The first kappa shape index (κ1) is 19.5. The van der Waals surface area contributed by atoms with E-state index in [0.717, 1.165) is 24.9 Å². The number of hydrogen-bond acceptors (Lipinski definition) is 5. The quantitative estimate of drug-likeness (QED) is 0.752. The van der Waals surface area contributed by atoms with Crippen LogP contribution in [0.5, 0.6) is 17.2 Å². The molecule has 1 aliphatic heterocycles. The monoisotopic (exact) mass is 389 g/mol. The summed E-state index contributed by atoms with van der Waals surface area (Å²) in [5.74, 6) is 1.12. The van der Waals surface area contributed by atoms with Crippen LogP contribution in [-0.4, -0.2) is 43.1 Å². The van der Waals surface area contributed by atoms with E-state index in [9.17, 15) is 9.90 Å². The van der Waals surface area contributed by atoms with Crippen molar-refractivity contribution in [1.82, 2.24) is 4.90 Å². The summed E-state index contributed by atoms with van der Waals surface area (Å²) in [4.78, 5) is 15.2. The van der Waals surface area contributed by atoms with Crippen LogP contribution in [0.4, 0.5) is 0 Å². The van der Waals surface area contributed by atoms with E-state index in [4.69, 9.17) is 21.1 Å². The average Bonchev–Trinajstić information content (AvgIpc) is 2.70. The Morgan fingerprint density at radius 3 is 2.81 bits per heavy atom. The molecular weight excluding hydrogens is 366 g/mol. The number of phenolic OH excluding ortho intramolecular Hbond substituents is 1. The molecule has 2 aromatic rings. The van der Waals surface area contributed by atoms with Crippen LogP contribution >= 0.6 is 11.6 Å². The Hall–Kier alpha value is -2.24. The molecule has 2 aromatic carbocycles. The molecule has 1 saturated heterocycles. The van der Waals surface area contributed by atoms with Crippen molar-refractivity contribution in [3.8, 4) is 17.2 Å². The van der Waals surface area contributed by atoms with Gasteiger partial charge in [-0.25, -0.2) is 0 Å². The number of Topliss-reactive ketones (excluding diaryl/α,β-unsaturated/α-hetero) is 1. The number of piperidine rings is 1. The minimum absolute atomic E-state index is 0.0414. The van der Waals surface area contributed by atoms with Gasteiger partial charge in [0.1, 0.15) is 5.75 Å². The highest BCUT2D eigenvalue weighted by molar-refractivity contribution is 6.32. The second-order valence-electron chi connectivity index (χ2n) is 6.80. The van der Waals surface area contributed by atoms with Gasteiger partial charge in [-0.1, -0.05) is 23.7 Å². The smallest absolute Gasteiger partial charge is 0.176 e. The number of likely N-dealkylation sites (tertiary alicyclic amines) is 1. The molecule has 1 unspecified atom stereocenters. The van der Waals surface area contributed by atoms with Crippen molar-refractivity contribution in [2.45, 2.75) is 19.4 Å². The van der Waals surface area contributed by atoms with Gasteiger partial charge in [-0.2, -0.15) is 0 Å². The molecule has 27 heavy (non-hydrogen) atoms. The fraction of sp³-hybridized carbons (Fsp3) is 0.381. The number of benzene rings is 2. The number of aromatic hydroxyl groups is 1. The maximum absolute atomic E-state index is 12.9. The average molecular weight is 390 g/mol. The number of rotatable bonds is 6. The number of methoxy groups -OCH3 is 2. The number of ketones is 1. The van der Waals surface area contributed by atoms with Crippen molar-refractivity contribution in [3.63, 3.8) is 0 Å². The Morgan fingerprint density at radius 2 is 2.07 bits per heavy atom. The van der Waals surface area contributed by atoms with E-state index >= 15 is 0 Å². The van der Waals surface area contributed by atoms with Gasteiger partial charge >= 0.3 is 0 Å².